The molecular formula is C11H18N6O5. The third kappa shape index (κ3) is 2.02. The average molecular weight is 314 g/mol. The molecule has 0 radical (unpaired) electrons. The van der Waals surface area contributed by atoms with Gasteiger partial charge in [0.25, 0.3) is 5.91 Å². The molecule has 8 N–H and O–H groups in total. The van der Waals surface area contributed by atoms with Gasteiger partial charge in [-0.1, -0.05) is 0 Å². The predicted molar refractivity (Wildman–Crippen MR) is 73.2 cm³/mol. The van der Waals surface area contributed by atoms with Gasteiger partial charge in [0.2, 0.25) is 5.91 Å². The van der Waals surface area contributed by atoms with E-state index in [-0.39, 0.29) is 18.2 Å². The second-order valence-corrected chi connectivity index (χ2v) is 5.62. The van der Waals surface area contributed by atoms with Crippen LogP contribution in [0.3, 0.4) is 0 Å². The Labute approximate surface area is 125 Å². The molecule has 22 heavy (non-hydrogen) atoms. The van der Waals surface area contributed by atoms with E-state index < -0.39 is 42.5 Å². The number of nitrogens with zero attached hydrogens (tertiary/aromatic N) is 3. The number of amidine groups is 1. The number of hydrogen-bond acceptors (Lipinski definition) is 10. The SMILES string of the molecule is C[C@@]1(N2CN=C3C(=O)NC(N)(N)N=C32)O[C@H](CO)[C@@H](O)[C@H]1O. The summed E-state index contributed by atoms with van der Waals surface area (Å²) in [5.41, 5.74) is 9.83. The molecule has 0 aromatic carbocycles. The lowest BCUT2D eigenvalue weighted by molar-refractivity contribution is -0.148. The highest BCUT2D eigenvalue weighted by Crippen LogP contribution is 2.36. The highest BCUT2D eigenvalue weighted by atomic mass is 16.6. The topological polar surface area (TPSA) is 179 Å². The van der Waals surface area contributed by atoms with Gasteiger partial charge in [0.1, 0.15) is 25.0 Å². The third-order valence-corrected chi connectivity index (χ3v) is 4.02. The van der Waals surface area contributed by atoms with E-state index in [0.717, 1.165) is 0 Å². The van der Waals surface area contributed by atoms with Crippen LogP contribution in [-0.2, 0) is 9.53 Å². The quantitative estimate of drug-likeness (QED) is 0.276. The molecule has 0 bridgehead atoms. The molecule has 122 valence electrons. The van der Waals surface area contributed by atoms with Crippen LogP contribution in [0.5, 0.6) is 0 Å². The zero-order chi connectivity index (χ0) is 16.3. The molecule has 3 rings (SSSR count). The fraction of sp³-hybridized carbons (Fsp3) is 0.727. The molecule has 0 spiro atoms. The molecular weight excluding hydrogens is 296 g/mol. The number of aliphatic hydroxyl groups excluding tert-OH is 3. The predicted octanol–water partition coefficient (Wildman–Crippen LogP) is -4.41. The summed E-state index contributed by atoms with van der Waals surface area (Å²) in [5, 5.41) is 31.7. The minimum Gasteiger partial charge on any atom is -0.394 e. The van der Waals surface area contributed by atoms with Crippen molar-refractivity contribution in [1.29, 1.82) is 0 Å². The van der Waals surface area contributed by atoms with E-state index in [2.05, 4.69) is 15.3 Å². The smallest absolute Gasteiger partial charge is 0.277 e. The van der Waals surface area contributed by atoms with Crippen LogP contribution in [0.4, 0.5) is 0 Å². The van der Waals surface area contributed by atoms with E-state index in [1.807, 2.05) is 0 Å². The van der Waals surface area contributed by atoms with E-state index in [1.165, 1.54) is 11.8 Å². The van der Waals surface area contributed by atoms with Gasteiger partial charge >= 0.3 is 0 Å². The van der Waals surface area contributed by atoms with Crippen molar-refractivity contribution in [3.05, 3.63) is 0 Å². The van der Waals surface area contributed by atoms with Crippen molar-refractivity contribution in [3.8, 4) is 0 Å². The Morgan fingerprint density at radius 1 is 1.50 bits per heavy atom. The molecule has 0 aromatic rings. The molecule has 0 aliphatic carbocycles. The Balaban J connectivity index is 1.97. The van der Waals surface area contributed by atoms with Gasteiger partial charge in [0, 0.05) is 0 Å². The molecule has 11 heteroatoms. The van der Waals surface area contributed by atoms with Crippen molar-refractivity contribution in [2.45, 2.75) is 36.9 Å². The maximum Gasteiger partial charge on any atom is 0.277 e. The molecule has 11 nitrogen and oxygen atoms in total. The van der Waals surface area contributed by atoms with Crippen LogP contribution in [-0.4, -0.2) is 80.9 Å². The van der Waals surface area contributed by atoms with Crippen molar-refractivity contribution in [2.75, 3.05) is 13.3 Å². The first kappa shape index (κ1) is 15.3. The van der Waals surface area contributed by atoms with Crippen LogP contribution in [0.1, 0.15) is 6.92 Å². The number of rotatable bonds is 2. The van der Waals surface area contributed by atoms with Crippen molar-refractivity contribution in [1.82, 2.24) is 10.2 Å². The van der Waals surface area contributed by atoms with E-state index >= 15 is 0 Å². The average Bonchev–Trinajstić information content (AvgIpc) is 2.93. The molecule has 4 atom stereocenters. The molecule has 0 unspecified atom stereocenters. The zero-order valence-electron chi connectivity index (χ0n) is 11.8. The number of amides is 1. The second-order valence-electron chi connectivity index (χ2n) is 5.62. The maximum atomic E-state index is 11.9. The van der Waals surface area contributed by atoms with Gasteiger partial charge < -0.3 is 30.3 Å². The Hall–Kier alpha value is -1.63. The van der Waals surface area contributed by atoms with Gasteiger partial charge in [0.15, 0.2) is 17.3 Å². The van der Waals surface area contributed by atoms with Gasteiger partial charge in [-0.15, -0.1) is 0 Å². The largest absolute Gasteiger partial charge is 0.394 e. The van der Waals surface area contributed by atoms with Crippen LogP contribution in [0, 0.1) is 0 Å². The highest BCUT2D eigenvalue weighted by molar-refractivity contribution is 6.67. The van der Waals surface area contributed by atoms with Crippen LogP contribution >= 0.6 is 0 Å². The molecule has 1 saturated heterocycles. The van der Waals surface area contributed by atoms with Crippen molar-refractivity contribution in [2.24, 2.45) is 21.5 Å². The van der Waals surface area contributed by atoms with E-state index in [9.17, 15) is 20.1 Å². The number of nitrogens with two attached hydrogens (primary N) is 2. The Morgan fingerprint density at radius 3 is 2.77 bits per heavy atom. The van der Waals surface area contributed by atoms with E-state index in [4.69, 9.17) is 16.2 Å². The van der Waals surface area contributed by atoms with Gasteiger partial charge in [-0.2, -0.15) is 0 Å². The second kappa shape index (κ2) is 4.68. The van der Waals surface area contributed by atoms with Crippen LogP contribution in [0.25, 0.3) is 0 Å². The fourth-order valence-electron chi connectivity index (χ4n) is 2.82. The summed E-state index contributed by atoms with van der Waals surface area (Å²) in [6, 6.07) is 0. The number of nitrogens with one attached hydrogen (secondary N) is 1. The molecule has 1 amide bonds. The van der Waals surface area contributed by atoms with Gasteiger partial charge in [-0.25, -0.2) is 4.99 Å². The lowest BCUT2D eigenvalue weighted by atomic mass is 10.0. The minimum absolute atomic E-state index is 0.0190. The fourth-order valence-corrected chi connectivity index (χ4v) is 2.82. The first-order valence-electron chi connectivity index (χ1n) is 6.67. The number of carbonyl (C=O) groups excluding carboxylic acids is 1. The highest BCUT2D eigenvalue weighted by Gasteiger charge is 2.57. The number of ether oxygens (including phenoxy) is 1. The maximum absolute atomic E-state index is 11.9. The van der Waals surface area contributed by atoms with Gasteiger partial charge in [-0.05, 0) is 6.92 Å². The van der Waals surface area contributed by atoms with Gasteiger partial charge in [-0.3, -0.25) is 21.3 Å². The molecule has 3 aliphatic heterocycles. The van der Waals surface area contributed by atoms with E-state index in [1.54, 1.807) is 0 Å². The Bertz CT molecular complexity index is 577. The minimum atomic E-state index is -1.80. The number of fused-ring (bicyclic) bond motifs is 1. The monoisotopic (exact) mass is 314 g/mol. The first-order valence-corrected chi connectivity index (χ1v) is 6.67. The zero-order valence-corrected chi connectivity index (χ0v) is 11.8. The number of carbonyl (C=O) groups is 1. The summed E-state index contributed by atoms with van der Waals surface area (Å²) < 4.78 is 5.57. The normalized spacial score (nSPS) is 40.2. The van der Waals surface area contributed by atoms with Crippen molar-refractivity contribution in [3.63, 3.8) is 0 Å². The summed E-state index contributed by atoms with van der Waals surface area (Å²) in [7, 11) is 0. The lowest BCUT2D eigenvalue weighted by Gasteiger charge is -2.39. The Morgan fingerprint density at radius 2 is 2.18 bits per heavy atom. The number of aliphatic imine (C=N–C) groups is 2. The molecule has 3 aliphatic rings. The molecule has 1 fully saturated rings. The number of hydrogen-bond donors (Lipinski definition) is 6. The van der Waals surface area contributed by atoms with Crippen LogP contribution in [0.15, 0.2) is 9.98 Å². The van der Waals surface area contributed by atoms with Crippen LogP contribution in [0.2, 0.25) is 0 Å². The van der Waals surface area contributed by atoms with Crippen molar-refractivity contribution < 1.29 is 24.9 Å². The third-order valence-electron chi connectivity index (χ3n) is 4.02. The van der Waals surface area contributed by atoms with Gasteiger partial charge in [0.05, 0.1) is 6.61 Å². The standard InChI is InChI=1S/C11H18N6O5/c1-10(7(20)6(19)4(2-18)22-10)17-3-14-5-8(17)15-11(12,13)16-9(5)21/h4,6-7,18-20H,2-3,12-13H2,1H3,(H,16,21)/t4-,6-,7-,10-/m1/s1. The summed E-state index contributed by atoms with van der Waals surface area (Å²) in [4.78, 5) is 21.4. The number of aliphatic hydroxyl groups is 3. The van der Waals surface area contributed by atoms with Crippen LogP contribution < -0.4 is 16.8 Å². The molecule has 0 aromatic heterocycles. The molecule has 3 heterocycles. The summed E-state index contributed by atoms with van der Waals surface area (Å²) in [6.07, 6.45) is -3.61. The summed E-state index contributed by atoms with van der Waals surface area (Å²) in [5.74, 6) is -2.32. The Kier molecular flexibility index (Phi) is 3.25. The first-order chi connectivity index (χ1) is 10.2. The molecule has 0 saturated carbocycles. The van der Waals surface area contributed by atoms with E-state index in [0.29, 0.717) is 0 Å². The summed E-state index contributed by atoms with van der Waals surface area (Å²) >= 11 is 0. The lowest BCUT2D eigenvalue weighted by Crippen LogP contribution is -2.69. The van der Waals surface area contributed by atoms with Crippen molar-refractivity contribution >= 4 is 17.5 Å². The summed E-state index contributed by atoms with van der Waals surface area (Å²) in [6.45, 7) is 0.995.